The van der Waals surface area contributed by atoms with Gasteiger partial charge in [0.1, 0.15) is 11.7 Å². The van der Waals surface area contributed by atoms with E-state index in [0.29, 0.717) is 0 Å². The number of quaternary nitrogens is 1. The highest BCUT2D eigenvalue weighted by Crippen LogP contribution is 2.27. The number of aliphatic hydroxyl groups excluding tert-OH is 1. The number of cyclic esters (lactones) is 1. The Morgan fingerprint density at radius 1 is 1.32 bits per heavy atom. The molecule has 1 amide bonds. The fourth-order valence-electron chi connectivity index (χ4n) is 4.92. The maximum absolute atomic E-state index is 13.0. The molecule has 3 rings (SSSR count). The summed E-state index contributed by atoms with van der Waals surface area (Å²) in [5, 5.41) is 34.0. The Morgan fingerprint density at radius 2 is 2.02 bits per heavy atom. The Bertz CT molecular complexity index is 1110. The van der Waals surface area contributed by atoms with Crippen LogP contribution in [0.5, 0.6) is 0 Å². The lowest BCUT2D eigenvalue weighted by Crippen LogP contribution is -2.56. The second-order valence-corrected chi connectivity index (χ2v) is 11.8. The van der Waals surface area contributed by atoms with Crippen LogP contribution in [0.25, 0.3) is 0 Å². The molecule has 0 radical (unpaired) electrons. The number of aliphatic hydroxyl groups is 2. The van der Waals surface area contributed by atoms with Gasteiger partial charge in [-0.25, -0.2) is 4.79 Å². The van der Waals surface area contributed by atoms with Gasteiger partial charge in [0, 0.05) is 23.7 Å². The fraction of sp³-hybridized carbons (Fsp3) is 0.581. The maximum atomic E-state index is 13.0. The number of hydrogen-bond acceptors (Lipinski definition) is 8. The number of allylic oxidation sites excluding steroid dienone is 3. The van der Waals surface area contributed by atoms with Gasteiger partial charge in [0.2, 0.25) is 0 Å². The molecule has 1 aromatic rings. The normalized spacial score (nSPS) is 31.5. The van der Waals surface area contributed by atoms with Gasteiger partial charge in [-0.3, -0.25) is 14.7 Å². The molecule has 226 valence electrons. The van der Waals surface area contributed by atoms with Gasteiger partial charge in [0.05, 0.1) is 45.8 Å². The van der Waals surface area contributed by atoms with E-state index in [1.807, 2.05) is 57.2 Å². The third kappa shape index (κ3) is 9.78. The number of likely N-dealkylation sites (N-methyl/N-ethyl adjacent to an activating group) is 1. The Labute approximate surface area is 243 Å². The average molecular weight is 572 g/mol. The molecule has 2 N–H and O–H groups in total. The second-order valence-electron chi connectivity index (χ2n) is 11.8. The van der Waals surface area contributed by atoms with Gasteiger partial charge < -0.3 is 29.5 Å². The van der Waals surface area contributed by atoms with Crippen LogP contribution in [0, 0.1) is 11.1 Å². The molecule has 6 atom stereocenters. The quantitative estimate of drug-likeness (QED) is 0.179. The molecule has 0 spiro atoms. The number of hydroxylamine groups is 3. The van der Waals surface area contributed by atoms with Gasteiger partial charge in [-0.1, -0.05) is 44.2 Å². The third-order valence-corrected chi connectivity index (χ3v) is 7.86. The molecule has 0 aliphatic carbocycles. The van der Waals surface area contributed by atoms with E-state index >= 15 is 0 Å². The molecule has 3 heterocycles. The lowest BCUT2D eigenvalue weighted by atomic mass is 9.88. The van der Waals surface area contributed by atoms with E-state index in [1.54, 1.807) is 32.3 Å². The molecular formula is C31H45N3O7. The summed E-state index contributed by atoms with van der Waals surface area (Å²) in [5.41, 5.74) is 0.231. The molecule has 2 aliphatic heterocycles. The summed E-state index contributed by atoms with van der Waals surface area (Å²) in [6, 6.07) is 5.77. The highest BCUT2D eigenvalue weighted by Gasteiger charge is 2.37. The van der Waals surface area contributed by atoms with Crippen molar-refractivity contribution >= 4 is 12.1 Å². The van der Waals surface area contributed by atoms with Crippen molar-refractivity contribution in [3.8, 4) is 0 Å². The van der Waals surface area contributed by atoms with E-state index in [9.17, 15) is 25.0 Å². The summed E-state index contributed by atoms with van der Waals surface area (Å²) in [6.45, 7) is 8.40. The van der Waals surface area contributed by atoms with Crippen LogP contribution < -0.4 is 0 Å². The lowest BCUT2D eigenvalue weighted by Gasteiger charge is -2.45. The zero-order valence-corrected chi connectivity index (χ0v) is 24.8. The van der Waals surface area contributed by atoms with E-state index in [2.05, 4.69) is 4.98 Å². The van der Waals surface area contributed by atoms with Gasteiger partial charge in [0.25, 0.3) is 0 Å². The van der Waals surface area contributed by atoms with Gasteiger partial charge in [-0.2, -0.15) is 0 Å². The van der Waals surface area contributed by atoms with Crippen LogP contribution in [-0.4, -0.2) is 93.9 Å². The van der Waals surface area contributed by atoms with Crippen molar-refractivity contribution in [1.29, 1.82) is 0 Å². The first-order valence-corrected chi connectivity index (χ1v) is 14.3. The van der Waals surface area contributed by atoms with Crippen molar-refractivity contribution in [2.24, 2.45) is 5.92 Å². The summed E-state index contributed by atoms with van der Waals surface area (Å²) < 4.78 is 11.2. The predicted octanol–water partition coefficient (Wildman–Crippen LogP) is 3.85. The van der Waals surface area contributed by atoms with E-state index in [0.717, 1.165) is 11.3 Å². The van der Waals surface area contributed by atoms with Crippen LogP contribution in [0.1, 0.15) is 58.6 Å². The highest BCUT2D eigenvalue weighted by atomic mass is 16.6. The molecule has 10 heteroatoms. The maximum Gasteiger partial charge on any atom is 0.410 e. The number of rotatable bonds is 5. The van der Waals surface area contributed by atoms with Crippen molar-refractivity contribution in [2.75, 3.05) is 33.2 Å². The van der Waals surface area contributed by atoms with Crippen molar-refractivity contribution in [3.05, 3.63) is 71.3 Å². The van der Waals surface area contributed by atoms with Gasteiger partial charge in [0.15, 0.2) is 6.10 Å². The summed E-state index contributed by atoms with van der Waals surface area (Å²) >= 11 is 0. The highest BCUT2D eigenvalue weighted by molar-refractivity contribution is 5.70. The van der Waals surface area contributed by atoms with Gasteiger partial charge in [-0.15, -0.1) is 0 Å². The Balaban J connectivity index is 1.81. The molecule has 1 fully saturated rings. The Kier molecular flexibility index (Phi) is 11.3. The molecule has 0 unspecified atom stereocenters. The van der Waals surface area contributed by atoms with Crippen molar-refractivity contribution in [2.45, 2.75) is 76.8 Å². The molecule has 1 aromatic heterocycles. The summed E-state index contributed by atoms with van der Waals surface area (Å²) in [6.07, 6.45) is 7.66. The Hall–Kier alpha value is -3.05. The molecule has 2 aliphatic rings. The number of pyridine rings is 1. The molecule has 41 heavy (non-hydrogen) atoms. The molecule has 1 saturated heterocycles. The third-order valence-electron chi connectivity index (χ3n) is 7.86. The topological polar surface area (TPSA) is 132 Å². The van der Waals surface area contributed by atoms with E-state index in [4.69, 9.17) is 9.47 Å². The zero-order chi connectivity index (χ0) is 30.2. The number of hydrogen-bond donors (Lipinski definition) is 2. The van der Waals surface area contributed by atoms with E-state index in [1.165, 1.54) is 4.90 Å². The number of carbonyl (C=O) groups is 2. The summed E-state index contributed by atoms with van der Waals surface area (Å²) in [5.74, 6) is -0.775. The lowest BCUT2D eigenvalue weighted by molar-refractivity contribution is -0.864. The van der Waals surface area contributed by atoms with E-state index < -0.39 is 40.6 Å². The smallest absolute Gasteiger partial charge is 0.410 e. The van der Waals surface area contributed by atoms with Gasteiger partial charge in [-0.05, 0) is 50.5 Å². The minimum Gasteiger partial charge on any atom is -0.633 e. The molecule has 10 nitrogen and oxygen atoms in total. The number of esters is 1. The molecule has 0 bridgehead atoms. The van der Waals surface area contributed by atoms with Gasteiger partial charge >= 0.3 is 12.1 Å². The largest absolute Gasteiger partial charge is 0.633 e. The minimum absolute atomic E-state index is 0.0884. The minimum atomic E-state index is -1.50. The number of nitrogens with zero attached hydrogens (tertiary/aromatic N) is 3. The molecule has 0 aromatic carbocycles. The van der Waals surface area contributed by atoms with E-state index in [-0.39, 0.29) is 57.3 Å². The van der Waals surface area contributed by atoms with Crippen molar-refractivity contribution in [3.63, 3.8) is 0 Å². The van der Waals surface area contributed by atoms with Crippen LogP contribution in [-0.2, 0) is 14.3 Å². The van der Waals surface area contributed by atoms with Crippen molar-refractivity contribution < 1.29 is 33.9 Å². The van der Waals surface area contributed by atoms with Crippen LogP contribution in [0.4, 0.5) is 4.79 Å². The summed E-state index contributed by atoms with van der Waals surface area (Å²) in [4.78, 5) is 31.6. The van der Waals surface area contributed by atoms with Crippen molar-refractivity contribution in [1.82, 2.24) is 9.88 Å². The number of amides is 1. The molecule has 0 saturated carbocycles. The second kappa shape index (κ2) is 14.2. The standard InChI is InChI=1S/C31H45N3O7/c1-22(26-11-6-7-16-32-26)9-8-10-23(2)29-24(3)12-13-27(31(4,38)15-14-25(35)21-28(36)41-29)40-30(37)33-17-19-34(5,39)20-18-33/h6-13,16,22,24-25,27,29,35,38H,14-15,17-21H2,1-5H3/b9-8+,13-12+,23-10+/t22-,24+,25-,27+,29-,31-/m1/s1. The number of aromatic nitrogens is 1. The summed E-state index contributed by atoms with van der Waals surface area (Å²) in [7, 11) is 1.58. The first-order valence-electron chi connectivity index (χ1n) is 14.3. The van der Waals surface area contributed by atoms with Crippen LogP contribution in [0.2, 0.25) is 0 Å². The fourth-order valence-corrected chi connectivity index (χ4v) is 4.92. The first kappa shape index (κ1) is 32.5. The average Bonchev–Trinajstić information content (AvgIpc) is 2.92. The number of ether oxygens (including phenoxy) is 2. The zero-order valence-electron chi connectivity index (χ0n) is 24.8. The van der Waals surface area contributed by atoms with Crippen LogP contribution >= 0.6 is 0 Å². The Morgan fingerprint density at radius 3 is 2.68 bits per heavy atom. The predicted molar refractivity (Wildman–Crippen MR) is 155 cm³/mol. The molecular weight excluding hydrogens is 526 g/mol. The van der Waals surface area contributed by atoms with Crippen LogP contribution in [0.3, 0.4) is 0 Å². The first-order chi connectivity index (χ1) is 19.3. The monoisotopic (exact) mass is 571 g/mol. The van der Waals surface area contributed by atoms with Crippen LogP contribution in [0.15, 0.2) is 60.3 Å². The SMILES string of the molecule is C/C(=C\C=C\[C@@H](C)c1ccccn1)[C@H]1OC(=O)C[C@H](O)CC[C@@](C)(O)[C@@H](OC(=O)N2CC[N+](C)([O-])CC2)/C=C/[C@@H]1C. The number of carbonyl (C=O) groups excluding carboxylic acids is 2. The number of piperazine rings is 1.